The Kier molecular flexibility index (Phi) is 3.72. The molecule has 7 heteroatoms. The summed E-state index contributed by atoms with van der Waals surface area (Å²) >= 11 is 0. The largest absolute Gasteiger partial charge is 0.334 e. The van der Waals surface area contributed by atoms with Crippen molar-refractivity contribution in [1.82, 2.24) is 10.1 Å². The quantitative estimate of drug-likeness (QED) is 0.739. The van der Waals surface area contributed by atoms with Crippen molar-refractivity contribution in [3.63, 3.8) is 0 Å². The molecular formula is C15H11FN2O3S. The van der Waals surface area contributed by atoms with Crippen LogP contribution in [-0.2, 0) is 15.6 Å². The van der Waals surface area contributed by atoms with Gasteiger partial charge in [0, 0.05) is 5.56 Å². The molecule has 0 amide bonds. The van der Waals surface area contributed by atoms with Gasteiger partial charge in [-0.25, -0.2) is 12.8 Å². The van der Waals surface area contributed by atoms with Crippen LogP contribution in [0.15, 0.2) is 64.0 Å². The molecule has 112 valence electrons. The van der Waals surface area contributed by atoms with Crippen molar-refractivity contribution in [3.8, 4) is 11.5 Å². The fraction of sp³-hybridized carbons (Fsp3) is 0.0667. The summed E-state index contributed by atoms with van der Waals surface area (Å²) in [5.74, 6) is -1.11. The van der Waals surface area contributed by atoms with Crippen LogP contribution in [0, 0.1) is 5.82 Å². The van der Waals surface area contributed by atoms with E-state index in [9.17, 15) is 12.8 Å². The van der Waals surface area contributed by atoms with E-state index in [1.807, 2.05) is 6.07 Å². The second kappa shape index (κ2) is 5.69. The first kappa shape index (κ1) is 14.4. The van der Waals surface area contributed by atoms with Crippen molar-refractivity contribution in [2.75, 3.05) is 0 Å². The molecule has 0 spiro atoms. The van der Waals surface area contributed by atoms with Gasteiger partial charge < -0.3 is 4.52 Å². The Morgan fingerprint density at radius 1 is 1.00 bits per heavy atom. The van der Waals surface area contributed by atoms with Gasteiger partial charge in [0.25, 0.3) is 5.89 Å². The Balaban J connectivity index is 1.88. The molecule has 3 aromatic rings. The first-order valence-electron chi connectivity index (χ1n) is 6.41. The molecule has 2 aromatic carbocycles. The minimum absolute atomic E-state index is 0.0119. The molecule has 0 saturated heterocycles. The van der Waals surface area contributed by atoms with Crippen LogP contribution < -0.4 is 0 Å². The van der Waals surface area contributed by atoms with Crippen LogP contribution in [0.25, 0.3) is 11.5 Å². The van der Waals surface area contributed by atoms with E-state index in [0.717, 1.165) is 6.07 Å². The predicted molar refractivity (Wildman–Crippen MR) is 77.0 cm³/mol. The molecule has 1 heterocycles. The van der Waals surface area contributed by atoms with Gasteiger partial charge in [0.15, 0.2) is 15.7 Å². The molecular weight excluding hydrogens is 307 g/mol. The van der Waals surface area contributed by atoms with Crippen LogP contribution in [0.2, 0.25) is 0 Å². The first-order valence-corrected chi connectivity index (χ1v) is 8.07. The zero-order valence-corrected chi connectivity index (χ0v) is 12.1. The fourth-order valence-corrected chi connectivity index (χ4v) is 3.22. The minimum Gasteiger partial charge on any atom is -0.334 e. The van der Waals surface area contributed by atoms with Crippen molar-refractivity contribution >= 4 is 9.84 Å². The molecule has 0 aliphatic heterocycles. The lowest BCUT2D eigenvalue weighted by atomic mass is 10.2. The average molecular weight is 318 g/mol. The van der Waals surface area contributed by atoms with Gasteiger partial charge in [-0.3, -0.25) is 0 Å². The Bertz CT molecular complexity index is 892. The highest BCUT2D eigenvalue weighted by atomic mass is 32.2. The predicted octanol–water partition coefficient (Wildman–Crippen LogP) is 2.85. The maximum absolute atomic E-state index is 13.6. The summed E-state index contributed by atoms with van der Waals surface area (Å²) in [5.41, 5.74) is 0.685. The standard InChI is InChI=1S/C15H11FN2O3S/c16-12-8-4-5-9-13(12)22(19,20)10-14-17-15(21-18-14)11-6-2-1-3-7-11/h1-9H,10H2. The van der Waals surface area contributed by atoms with Crippen molar-refractivity contribution in [2.45, 2.75) is 10.6 Å². The zero-order chi connectivity index (χ0) is 15.6. The van der Waals surface area contributed by atoms with E-state index in [0.29, 0.717) is 5.56 Å². The minimum atomic E-state index is -3.87. The molecule has 5 nitrogen and oxygen atoms in total. The van der Waals surface area contributed by atoms with E-state index in [1.165, 1.54) is 18.2 Å². The highest BCUT2D eigenvalue weighted by Crippen LogP contribution is 2.21. The smallest absolute Gasteiger partial charge is 0.257 e. The second-order valence-corrected chi connectivity index (χ2v) is 6.53. The lowest BCUT2D eigenvalue weighted by molar-refractivity contribution is 0.424. The average Bonchev–Trinajstić information content (AvgIpc) is 2.96. The molecule has 0 atom stereocenters. The molecule has 0 unspecified atom stereocenters. The molecule has 0 fully saturated rings. The molecule has 0 aliphatic carbocycles. The third-order valence-corrected chi connectivity index (χ3v) is 4.62. The number of benzene rings is 2. The van der Waals surface area contributed by atoms with E-state index >= 15 is 0 Å². The number of sulfone groups is 1. The van der Waals surface area contributed by atoms with Crippen molar-refractivity contribution < 1.29 is 17.3 Å². The SMILES string of the molecule is O=S(=O)(Cc1noc(-c2ccccc2)n1)c1ccccc1F. The van der Waals surface area contributed by atoms with Crippen molar-refractivity contribution in [3.05, 3.63) is 66.2 Å². The molecule has 1 aromatic heterocycles. The summed E-state index contributed by atoms with van der Waals surface area (Å²) < 4.78 is 43.1. The van der Waals surface area contributed by atoms with Crippen LogP contribution in [0.3, 0.4) is 0 Å². The number of hydrogen-bond donors (Lipinski definition) is 0. The van der Waals surface area contributed by atoms with Crippen LogP contribution >= 0.6 is 0 Å². The van der Waals surface area contributed by atoms with E-state index < -0.39 is 21.4 Å². The molecule has 0 N–H and O–H groups in total. The Morgan fingerprint density at radius 3 is 2.41 bits per heavy atom. The van der Waals surface area contributed by atoms with E-state index in [1.54, 1.807) is 24.3 Å². The van der Waals surface area contributed by atoms with Gasteiger partial charge in [0.05, 0.1) is 0 Å². The van der Waals surface area contributed by atoms with Gasteiger partial charge in [-0.15, -0.1) is 0 Å². The maximum Gasteiger partial charge on any atom is 0.257 e. The van der Waals surface area contributed by atoms with Crippen LogP contribution in [0.1, 0.15) is 5.82 Å². The topological polar surface area (TPSA) is 73.1 Å². The summed E-state index contributed by atoms with van der Waals surface area (Å²) in [7, 11) is -3.87. The van der Waals surface area contributed by atoms with Gasteiger partial charge in [-0.2, -0.15) is 4.98 Å². The molecule has 0 aliphatic rings. The van der Waals surface area contributed by atoms with Gasteiger partial charge in [-0.05, 0) is 24.3 Å². The van der Waals surface area contributed by atoms with Gasteiger partial charge in [0.2, 0.25) is 0 Å². The summed E-state index contributed by atoms with van der Waals surface area (Å²) in [6.07, 6.45) is 0. The summed E-state index contributed by atoms with van der Waals surface area (Å²) in [5, 5.41) is 3.65. The monoisotopic (exact) mass is 318 g/mol. The van der Waals surface area contributed by atoms with Crippen molar-refractivity contribution in [2.24, 2.45) is 0 Å². The highest BCUT2D eigenvalue weighted by Gasteiger charge is 2.22. The molecule has 22 heavy (non-hydrogen) atoms. The number of rotatable bonds is 4. The number of nitrogens with zero attached hydrogens (tertiary/aromatic N) is 2. The first-order chi connectivity index (χ1) is 10.6. The maximum atomic E-state index is 13.6. The summed E-state index contributed by atoms with van der Waals surface area (Å²) in [6, 6.07) is 14.2. The normalized spacial score (nSPS) is 11.5. The number of halogens is 1. The van der Waals surface area contributed by atoms with Gasteiger partial charge >= 0.3 is 0 Å². The lowest BCUT2D eigenvalue weighted by Gasteiger charge is -2.02. The Labute approximate surface area is 126 Å². The zero-order valence-electron chi connectivity index (χ0n) is 11.3. The Morgan fingerprint density at radius 2 is 1.68 bits per heavy atom. The Hall–Kier alpha value is -2.54. The van der Waals surface area contributed by atoms with E-state index in [4.69, 9.17) is 4.52 Å². The molecule has 0 saturated carbocycles. The molecule has 0 bridgehead atoms. The third kappa shape index (κ3) is 2.89. The number of hydrogen-bond acceptors (Lipinski definition) is 5. The molecule has 0 radical (unpaired) electrons. The van der Waals surface area contributed by atoms with Crippen molar-refractivity contribution in [1.29, 1.82) is 0 Å². The van der Waals surface area contributed by atoms with Gasteiger partial charge in [-0.1, -0.05) is 35.5 Å². The van der Waals surface area contributed by atoms with Crippen LogP contribution in [0.4, 0.5) is 4.39 Å². The second-order valence-electron chi connectivity index (χ2n) is 4.57. The summed E-state index contributed by atoms with van der Waals surface area (Å²) in [6.45, 7) is 0. The lowest BCUT2D eigenvalue weighted by Crippen LogP contribution is -2.08. The fourth-order valence-electron chi connectivity index (χ4n) is 1.96. The third-order valence-electron chi connectivity index (χ3n) is 2.98. The molecule has 3 rings (SSSR count). The van der Waals surface area contributed by atoms with Crippen LogP contribution in [0.5, 0.6) is 0 Å². The van der Waals surface area contributed by atoms with Crippen LogP contribution in [-0.4, -0.2) is 18.6 Å². The van der Waals surface area contributed by atoms with E-state index in [-0.39, 0.29) is 16.6 Å². The number of aromatic nitrogens is 2. The highest BCUT2D eigenvalue weighted by molar-refractivity contribution is 7.90. The van der Waals surface area contributed by atoms with Gasteiger partial charge in [0.1, 0.15) is 16.5 Å². The van der Waals surface area contributed by atoms with E-state index in [2.05, 4.69) is 10.1 Å². The summed E-state index contributed by atoms with van der Waals surface area (Å²) in [4.78, 5) is 3.67.